The predicted molar refractivity (Wildman–Crippen MR) is 56.3 cm³/mol. The third kappa shape index (κ3) is 2.06. The molecule has 1 aromatic heterocycles. The third-order valence-corrected chi connectivity index (χ3v) is 2.45. The molecule has 1 N–H and O–H groups in total. The maximum absolute atomic E-state index is 12.3. The second-order valence-electron chi connectivity index (χ2n) is 3.18. The molecular weight excluding hydrogens is 237 g/mol. The Morgan fingerprint density at radius 2 is 1.88 bits per heavy atom. The molecule has 0 saturated heterocycles. The van der Waals surface area contributed by atoms with Gasteiger partial charge in [-0.3, -0.25) is 5.10 Å². The molecule has 0 spiro atoms. The Morgan fingerprint density at radius 1 is 1.19 bits per heavy atom. The number of halogens is 3. The SMILES string of the molecule is FC(F)(F)c1cc(-c2ccccc2S)n[nH]1. The lowest BCUT2D eigenvalue weighted by molar-refractivity contribution is -0.141. The van der Waals surface area contributed by atoms with Crippen molar-refractivity contribution in [3.8, 4) is 11.3 Å². The molecule has 0 bridgehead atoms. The topological polar surface area (TPSA) is 28.7 Å². The van der Waals surface area contributed by atoms with Crippen LogP contribution in [0.4, 0.5) is 13.2 Å². The van der Waals surface area contributed by atoms with Gasteiger partial charge in [0.2, 0.25) is 0 Å². The van der Waals surface area contributed by atoms with E-state index in [2.05, 4.69) is 17.7 Å². The van der Waals surface area contributed by atoms with Gasteiger partial charge >= 0.3 is 6.18 Å². The molecule has 0 atom stereocenters. The first-order valence-electron chi connectivity index (χ1n) is 4.39. The quantitative estimate of drug-likeness (QED) is 0.740. The molecule has 84 valence electrons. The van der Waals surface area contributed by atoms with Gasteiger partial charge in [-0.1, -0.05) is 18.2 Å². The standard InChI is InChI=1S/C10H7F3N2S/c11-10(12,13)9-5-7(14-15-9)6-3-1-2-4-8(6)16/h1-5,16H,(H,14,15). The molecule has 0 aliphatic rings. The van der Waals surface area contributed by atoms with Gasteiger partial charge in [0.15, 0.2) is 0 Å². The third-order valence-electron chi connectivity index (χ3n) is 2.06. The average Bonchev–Trinajstić information content (AvgIpc) is 2.66. The van der Waals surface area contributed by atoms with Gasteiger partial charge in [-0.05, 0) is 12.1 Å². The van der Waals surface area contributed by atoms with Gasteiger partial charge < -0.3 is 0 Å². The number of nitrogens with zero attached hydrogens (tertiary/aromatic N) is 1. The highest BCUT2D eigenvalue weighted by Gasteiger charge is 2.33. The van der Waals surface area contributed by atoms with Crippen LogP contribution in [0.5, 0.6) is 0 Å². The molecule has 0 fully saturated rings. The summed E-state index contributed by atoms with van der Waals surface area (Å²) in [6.07, 6.45) is -4.41. The van der Waals surface area contributed by atoms with E-state index in [9.17, 15) is 13.2 Å². The van der Waals surface area contributed by atoms with Crippen molar-refractivity contribution in [2.75, 3.05) is 0 Å². The Kier molecular flexibility index (Phi) is 2.67. The van der Waals surface area contributed by atoms with E-state index in [1.807, 2.05) is 5.10 Å². The van der Waals surface area contributed by atoms with Crippen molar-refractivity contribution in [1.82, 2.24) is 10.2 Å². The van der Waals surface area contributed by atoms with Crippen molar-refractivity contribution in [2.45, 2.75) is 11.1 Å². The highest BCUT2D eigenvalue weighted by atomic mass is 32.1. The van der Waals surface area contributed by atoms with Gasteiger partial charge in [0, 0.05) is 10.5 Å². The second kappa shape index (κ2) is 3.86. The number of hydrogen-bond acceptors (Lipinski definition) is 2. The Balaban J connectivity index is 2.44. The fraction of sp³-hybridized carbons (Fsp3) is 0.100. The van der Waals surface area contributed by atoms with Crippen LogP contribution in [0.25, 0.3) is 11.3 Å². The lowest BCUT2D eigenvalue weighted by Crippen LogP contribution is -2.04. The summed E-state index contributed by atoms with van der Waals surface area (Å²) in [6.45, 7) is 0. The van der Waals surface area contributed by atoms with E-state index in [4.69, 9.17) is 0 Å². The summed E-state index contributed by atoms with van der Waals surface area (Å²) < 4.78 is 37.0. The average molecular weight is 244 g/mol. The molecule has 0 amide bonds. The van der Waals surface area contributed by atoms with Crippen LogP contribution in [0.2, 0.25) is 0 Å². The molecule has 2 rings (SSSR count). The number of thiol groups is 1. The minimum Gasteiger partial charge on any atom is -0.273 e. The number of nitrogens with one attached hydrogen (secondary N) is 1. The Morgan fingerprint density at radius 3 is 2.44 bits per heavy atom. The van der Waals surface area contributed by atoms with Gasteiger partial charge in [-0.25, -0.2) is 0 Å². The van der Waals surface area contributed by atoms with Crippen molar-refractivity contribution in [3.05, 3.63) is 36.0 Å². The van der Waals surface area contributed by atoms with Crippen molar-refractivity contribution >= 4 is 12.6 Å². The first kappa shape index (κ1) is 11.1. The summed E-state index contributed by atoms with van der Waals surface area (Å²) in [5, 5.41) is 5.58. The molecule has 1 heterocycles. The van der Waals surface area contributed by atoms with Crippen LogP contribution in [-0.4, -0.2) is 10.2 Å². The fourth-order valence-corrected chi connectivity index (χ4v) is 1.57. The minimum atomic E-state index is -4.41. The maximum Gasteiger partial charge on any atom is 0.432 e. The zero-order valence-corrected chi connectivity index (χ0v) is 8.81. The van der Waals surface area contributed by atoms with Crippen LogP contribution in [0.3, 0.4) is 0 Å². The van der Waals surface area contributed by atoms with Crippen molar-refractivity contribution in [2.24, 2.45) is 0 Å². The van der Waals surface area contributed by atoms with Gasteiger partial charge in [0.05, 0.1) is 5.69 Å². The Labute approximate surface area is 94.9 Å². The molecule has 0 aliphatic heterocycles. The Bertz CT molecular complexity index is 505. The van der Waals surface area contributed by atoms with E-state index in [1.54, 1.807) is 24.3 Å². The van der Waals surface area contributed by atoms with Crippen molar-refractivity contribution < 1.29 is 13.2 Å². The van der Waals surface area contributed by atoms with Gasteiger partial charge in [-0.15, -0.1) is 12.6 Å². The number of aromatic amines is 1. The summed E-state index contributed by atoms with van der Waals surface area (Å²) in [5.74, 6) is 0. The van der Waals surface area contributed by atoms with Gasteiger partial charge in [-0.2, -0.15) is 18.3 Å². The predicted octanol–water partition coefficient (Wildman–Crippen LogP) is 3.38. The summed E-state index contributed by atoms with van der Waals surface area (Å²) in [5.41, 5.74) is -0.0606. The Hall–Kier alpha value is -1.43. The number of alkyl halides is 3. The zero-order valence-electron chi connectivity index (χ0n) is 7.92. The molecule has 0 unspecified atom stereocenters. The molecule has 2 aromatic rings. The lowest BCUT2D eigenvalue weighted by atomic mass is 10.1. The normalized spacial score (nSPS) is 11.8. The fourth-order valence-electron chi connectivity index (χ4n) is 1.30. The molecule has 6 heteroatoms. The minimum absolute atomic E-state index is 0.234. The van der Waals surface area contributed by atoms with E-state index < -0.39 is 11.9 Å². The van der Waals surface area contributed by atoms with Crippen molar-refractivity contribution in [3.63, 3.8) is 0 Å². The van der Waals surface area contributed by atoms with E-state index in [0.717, 1.165) is 6.07 Å². The van der Waals surface area contributed by atoms with E-state index in [-0.39, 0.29) is 5.69 Å². The molecule has 16 heavy (non-hydrogen) atoms. The molecular formula is C10H7F3N2S. The van der Waals surface area contributed by atoms with Crippen LogP contribution in [0.15, 0.2) is 35.2 Å². The number of aromatic nitrogens is 2. The smallest absolute Gasteiger partial charge is 0.273 e. The summed E-state index contributed by atoms with van der Waals surface area (Å²) in [4.78, 5) is 0.586. The van der Waals surface area contributed by atoms with Gasteiger partial charge in [0.25, 0.3) is 0 Å². The number of H-pyrrole nitrogens is 1. The number of hydrogen-bond donors (Lipinski definition) is 2. The summed E-state index contributed by atoms with van der Waals surface area (Å²) in [7, 11) is 0. The highest BCUT2D eigenvalue weighted by molar-refractivity contribution is 7.80. The number of rotatable bonds is 1. The second-order valence-corrected chi connectivity index (χ2v) is 3.66. The largest absolute Gasteiger partial charge is 0.432 e. The van der Waals surface area contributed by atoms with E-state index in [0.29, 0.717) is 10.5 Å². The van der Waals surface area contributed by atoms with Crippen LogP contribution >= 0.6 is 12.6 Å². The van der Waals surface area contributed by atoms with Crippen LogP contribution in [0, 0.1) is 0 Å². The van der Waals surface area contributed by atoms with Crippen LogP contribution in [-0.2, 0) is 6.18 Å². The van der Waals surface area contributed by atoms with Crippen molar-refractivity contribution in [1.29, 1.82) is 0 Å². The van der Waals surface area contributed by atoms with E-state index in [1.165, 1.54) is 0 Å². The highest BCUT2D eigenvalue weighted by Crippen LogP contribution is 2.31. The molecule has 2 nitrogen and oxygen atoms in total. The van der Waals surface area contributed by atoms with Crippen LogP contribution < -0.4 is 0 Å². The monoisotopic (exact) mass is 244 g/mol. The van der Waals surface area contributed by atoms with Crippen LogP contribution in [0.1, 0.15) is 5.69 Å². The lowest BCUT2D eigenvalue weighted by Gasteiger charge is -2.00. The molecule has 0 saturated carbocycles. The van der Waals surface area contributed by atoms with E-state index >= 15 is 0 Å². The summed E-state index contributed by atoms with van der Waals surface area (Å²) >= 11 is 4.16. The zero-order chi connectivity index (χ0) is 11.8. The number of benzene rings is 1. The molecule has 0 radical (unpaired) electrons. The maximum atomic E-state index is 12.3. The first-order valence-corrected chi connectivity index (χ1v) is 4.84. The first-order chi connectivity index (χ1) is 7.48. The molecule has 1 aromatic carbocycles. The van der Waals surface area contributed by atoms with Gasteiger partial charge in [0.1, 0.15) is 5.69 Å². The summed E-state index contributed by atoms with van der Waals surface area (Å²) in [6, 6.07) is 7.80. The molecule has 0 aliphatic carbocycles.